The van der Waals surface area contributed by atoms with Crippen molar-refractivity contribution in [1.29, 1.82) is 0 Å². The molecule has 27 heavy (non-hydrogen) atoms. The van der Waals surface area contributed by atoms with Crippen molar-refractivity contribution in [2.75, 3.05) is 0 Å². The molecule has 0 radical (unpaired) electrons. The van der Waals surface area contributed by atoms with Crippen molar-refractivity contribution in [2.45, 2.75) is 51.6 Å². The normalized spacial score (nSPS) is 18.3. The summed E-state index contributed by atoms with van der Waals surface area (Å²) >= 11 is 1.35. The average Bonchev–Trinajstić information content (AvgIpc) is 3.27. The number of aryl methyl sites for hydroxylation is 3. The number of nitrogens with zero attached hydrogens (tertiary/aromatic N) is 2. The van der Waals surface area contributed by atoms with Crippen molar-refractivity contribution in [1.82, 2.24) is 14.9 Å². The van der Waals surface area contributed by atoms with E-state index in [1.54, 1.807) is 4.57 Å². The summed E-state index contributed by atoms with van der Waals surface area (Å²) in [7, 11) is 0. The number of nitrogens with one attached hydrogen (secondary N) is 1. The molecule has 138 valence electrons. The first-order valence-corrected chi connectivity index (χ1v) is 10.4. The molecule has 1 aromatic carbocycles. The zero-order valence-corrected chi connectivity index (χ0v) is 16.1. The van der Waals surface area contributed by atoms with Crippen LogP contribution >= 0.6 is 11.3 Å². The summed E-state index contributed by atoms with van der Waals surface area (Å²) in [5.74, 6) is 0.753. The van der Waals surface area contributed by atoms with Gasteiger partial charge in [0, 0.05) is 13.0 Å². The van der Waals surface area contributed by atoms with E-state index in [2.05, 4.69) is 28.5 Å². The fourth-order valence-electron chi connectivity index (χ4n) is 4.42. The van der Waals surface area contributed by atoms with E-state index < -0.39 is 0 Å². The molecule has 2 aliphatic rings. The third-order valence-corrected chi connectivity index (χ3v) is 6.98. The first-order valence-electron chi connectivity index (χ1n) is 9.55. The predicted octanol–water partition coefficient (Wildman–Crippen LogP) is 3.52. The van der Waals surface area contributed by atoms with Gasteiger partial charge in [-0.25, -0.2) is 4.98 Å². The second kappa shape index (κ2) is 6.30. The van der Waals surface area contributed by atoms with Crippen LogP contribution in [0.2, 0.25) is 0 Å². The summed E-state index contributed by atoms with van der Waals surface area (Å²) in [6, 6.07) is 8.37. The number of benzene rings is 1. The lowest BCUT2D eigenvalue weighted by Crippen LogP contribution is -2.30. The van der Waals surface area contributed by atoms with Gasteiger partial charge in [0.15, 0.2) is 0 Å². The molecule has 6 heteroatoms. The topological polar surface area (TPSA) is 64.0 Å². The summed E-state index contributed by atoms with van der Waals surface area (Å²) in [6.07, 6.45) is 4.89. The molecule has 1 N–H and O–H groups in total. The standard InChI is InChI=1S/C21H21N3O2S/c1-12-17-20(23-16-10-5-11-24(16)21(17)26)27-18(12)19(25)22-15-9-4-7-13-6-2-3-8-14(13)15/h2-3,6,8,15H,4-5,7,9-11H2,1H3,(H,22,25)/t15-/m0/s1. The van der Waals surface area contributed by atoms with Crippen molar-refractivity contribution in [2.24, 2.45) is 0 Å². The van der Waals surface area contributed by atoms with Crippen LogP contribution in [0, 0.1) is 6.92 Å². The van der Waals surface area contributed by atoms with Gasteiger partial charge in [-0.15, -0.1) is 11.3 Å². The summed E-state index contributed by atoms with van der Waals surface area (Å²) < 4.78 is 1.76. The smallest absolute Gasteiger partial charge is 0.262 e. The lowest BCUT2D eigenvalue weighted by Gasteiger charge is -2.26. The van der Waals surface area contributed by atoms with E-state index >= 15 is 0 Å². The Balaban J connectivity index is 1.51. The molecule has 0 bridgehead atoms. The number of carbonyl (C=O) groups excluding carboxylic acids is 1. The minimum absolute atomic E-state index is 0.00307. The number of carbonyl (C=O) groups is 1. The molecule has 0 spiro atoms. The van der Waals surface area contributed by atoms with Gasteiger partial charge >= 0.3 is 0 Å². The van der Waals surface area contributed by atoms with Crippen LogP contribution in [0.25, 0.3) is 10.2 Å². The van der Waals surface area contributed by atoms with Gasteiger partial charge in [0.05, 0.1) is 16.3 Å². The Hall–Kier alpha value is -2.47. The maximum absolute atomic E-state index is 13.0. The highest BCUT2D eigenvalue weighted by Gasteiger charge is 2.26. The number of fused-ring (bicyclic) bond motifs is 3. The number of amides is 1. The second-order valence-corrected chi connectivity index (χ2v) is 8.44. The molecule has 1 aliphatic carbocycles. The minimum atomic E-state index is -0.0956. The molecular formula is C21H21N3O2S. The van der Waals surface area contributed by atoms with Crippen LogP contribution in [-0.2, 0) is 19.4 Å². The highest BCUT2D eigenvalue weighted by molar-refractivity contribution is 7.20. The molecule has 5 nitrogen and oxygen atoms in total. The van der Waals surface area contributed by atoms with Crippen molar-refractivity contribution >= 4 is 27.5 Å². The van der Waals surface area contributed by atoms with Crippen molar-refractivity contribution in [3.63, 3.8) is 0 Å². The molecule has 2 aromatic heterocycles. The van der Waals surface area contributed by atoms with Gasteiger partial charge in [-0.2, -0.15) is 0 Å². The monoisotopic (exact) mass is 379 g/mol. The van der Waals surface area contributed by atoms with E-state index in [9.17, 15) is 9.59 Å². The molecule has 0 saturated carbocycles. The molecule has 3 heterocycles. The quantitative estimate of drug-likeness (QED) is 0.741. The fourth-order valence-corrected chi connectivity index (χ4v) is 5.51. The minimum Gasteiger partial charge on any atom is -0.345 e. The Morgan fingerprint density at radius 3 is 3.00 bits per heavy atom. The lowest BCUT2D eigenvalue weighted by atomic mass is 9.87. The molecule has 1 atom stereocenters. The summed E-state index contributed by atoms with van der Waals surface area (Å²) in [5, 5.41) is 3.82. The van der Waals surface area contributed by atoms with Gasteiger partial charge < -0.3 is 5.32 Å². The number of hydrogen-bond acceptors (Lipinski definition) is 4. The number of aromatic nitrogens is 2. The van der Waals surface area contributed by atoms with E-state index in [0.717, 1.165) is 50.0 Å². The second-order valence-electron chi connectivity index (χ2n) is 7.44. The van der Waals surface area contributed by atoms with Crippen LogP contribution in [0.15, 0.2) is 29.1 Å². The Kier molecular flexibility index (Phi) is 3.90. The first kappa shape index (κ1) is 16.7. The van der Waals surface area contributed by atoms with Crippen LogP contribution in [0.5, 0.6) is 0 Å². The Bertz CT molecular complexity index is 1130. The zero-order chi connectivity index (χ0) is 18.5. The van der Waals surface area contributed by atoms with Crippen LogP contribution < -0.4 is 10.9 Å². The van der Waals surface area contributed by atoms with Crippen molar-refractivity contribution in [3.05, 3.63) is 62.0 Å². The Labute approximate surface area is 161 Å². The molecule has 0 fully saturated rings. The maximum Gasteiger partial charge on any atom is 0.262 e. The van der Waals surface area contributed by atoms with E-state index in [4.69, 9.17) is 0 Å². The summed E-state index contributed by atoms with van der Waals surface area (Å²) in [5.41, 5.74) is 3.30. The van der Waals surface area contributed by atoms with Crippen molar-refractivity contribution in [3.8, 4) is 0 Å². The van der Waals surface area contributed by atoms with E-state index in [-0.39, 0.29) is 17.5 Å². The molecule has 0 saturated heterocycles. The van der Waals surface area contributed by atoms with Gasteiger partial charge in [0.2, 0.25) is 0 Å². The van der Waals surface area contributed by atoms with Crippen LogP contribution in [0.3, 0.4) is 0 Å². The molecule has 1 aliphatic heterocycles. The summed E-state index contributed by atoms with van der Waals surface area (Å²) in [6.45, 7) is 2.60. The van der Waals surface area contributed by atoms with Crippen LogP contribution in [0.4, 0.5) is 0 Å². The van der Waals surface area contributed by atoms with E-state index in [1.165, 1.54) is 22.5 Å². The largest absolute Gasteiger partial charge is 0.345 e. The SMILES string of the molecule is Cc1c(C(=O)N[C@H]2CCCc3ccccc32)sc2nc3n(c(=O)c12)CCC3. The number of thiophene rings is 1. The highest BCUT2D eigenvalue weighted by Crippen LogP contribution is 2.32. The average molecular weight is 379 g/mol. The fraction of sp³-hybridized carbons (Fsp3) is 0.381. The van der Waals surface area contributed by atoms with Crippen LogP contribution in [-0.4, -0.2) is 15.5 Å². The highest BCUT2D eigenvalue weighted by atomic mass is 32.1. The van der Waals surface area contributed by atoms with Gasteiger partial charge in [-0.1, -0.05) is 24.3 Å². The predicted molar refractivity (Wildman–Crippen MR) is 107 cm³/mol. The molecule has 0 unspecified atom stereocenters. The lowest BCUT2D eigenvalue weighted by molar-refractivity contribution is 0.0936. The number of rotatable bonds is 2. The van der Waals surface area contributed by atoms with Gasteiger partial charge in [-0.3, -0.25) is 14.2 Å². The summed E-state index contributed by atoms with van der Waals surface area (Å²) in [4.78, 5) is 31.8. The molecular weight excluding hydrogens is 358 g/mol. The Morgan fingerprint density at radius 1 is 1.26 bits per heavy atom. The molecule has 3 aromatic rings. The first-order chi connectivity index (χ1) is 13.1. The zero-order valence-electron chi connectivity index (χ0n) is 15.2. The van der Waals surface area contributed by atoms with Gasteiger partial charge in [0.1, 0.15) is 10.7 Å². The van der Waals surface area contributed by atoms with Gasteiger partial charge in [-0.05, 0) is 49.3 Å². The van der Waals surface area contributed by atoms with Crippen molar-refractivity contribution < 1.29 is 4.79 Å². The Morgan fingerprint density at radius 2 is 2.11 bits per heavy atom. The number of hydrogen-bond donors (Lipinski definition) is 1. The van der Waals surface area contributed by atoms with E-state index in [1.807, 2.05) is 13.0 Å². The molecule has 5 rings (SSSR count). The maximum atomic E-state index is 13.0. The molecule has 1 amide bonds. The van der Waals surface area contributed by atoms with Crippen LogP contribution in [0.1, 0.15) is 57.5 Å². The van der Waals surface area contributed by atoms with E-state index in [0.29, 0.717) is 15.1 Å². The third kappa shape index (κ3) is 2.62. The van der Waals surface area contributed by atoms with Gasteiger partial charge in [0.25, 0.3) is 11.5 Å². The third-order valence-electron chi connectivity index (χ3n) is 5.79.